The maximum atomic E-state index is 12.5. The van der Waals surface area contributed by atoms with Gasteiger partial charge in [0.1, 0.15) is 12.4 Å². The number of likely N-dealkylation sites (tertiary alicyclic amines) is 1. The third-order valence-corrected chi connectivity index (χ3v) is 5.75. The van der Waals surface area contributed by atoms with E-state index in [1.165, 1.54) is 5.56 Å². The Balaban J connectivity index is 1.34. The number of aryl methyl sites for hydroxylation is 1. The molecular weight excluding hydrogens is 352 g/mol. The molecule has 0 aliphatic carbocycles. The largest absolute Gasteiger partial charge is 0.497 e. The van der Waals surface area contributed by atoms with Crippen LogP contribution in [-0.4, -0.2) is 61.2 Å². The van der Waals surface area contributed by atoms with Gasteiger partial charge in [-0.25, -0.2) is 0 Å². The second-order valence-corrected chi connectivity index (χ2v) is 7.64. The van der Waals surface area contributed by atoms with E-state index in [9.17, 15) is 4.79 Å². The summed E-state index contributed by atoms with van der Waals surface area (Å²) in [6, 6.07) is 18.7. The Kier molecular flexibility index (Phi) is 5.93. The van der Waals surface area contributed by atoms with Crippen LogP contribution in [0.5, 0.6) is 5.75 Å². The Morgan fingerprint density at radius 1 is 1.04 bits per heavy atom. The van der Waals surface area contributed by atoms with E-state index in [0.717, 1.165) is 43.8 Å². The number of carbonyl (C=O) groups is 1. The van der Waals surface area contributed by atoms with Gasteiger partial charge in [-0.3, -0.25) is 9.69 Å². The minimum absolute atomic E-state index is 0.0863. The van der Waals surface area contributed by atoms with Crippen molar-refractivity contribution in [1.82, 2.24) is 9.80 Å². The normalized spacial score (nSPS) is 22.3. The zero-order chi connectivity index (χ0) is 19.3. The van der Waals surface area contributed by atoms with E-state index in [2.05, 4.69) is 35.2 Å². The summed E-state index contributed by atoms with van der Waals surface area (Å²) in [5.74, 6) is 0.920. The van der Waals surface area contributed by atoms with Crippen LogP contribution in [0.4, 0.5) is 0 Å². The number of ether oxygens (including phenoxy) is 2. The van der Waals surface area contributed by atoms with Crippen LogP contribution in [0.15, 0.2) is 54.6 Å². The molecule has 148 valence electrons. The topological polar surface area (TPSA) is 42.0 Å². The average Bonchev–Trinajstić information content (AvgIpc) is 3.15. The minimum Gasteiger partial charge on any atom is -0.497 e. The maximum Gasteiger partial charge on any atom is 0.249 e. The highest BCUT2D eigenvalue weighted by molar-refractivity contribution is 5.78. The fraction of sp³-hybridized carbons (Fsp3) is 0.435. The summed E-state index contributed by atoms with van der Waals surface area (Å²) < 4.78 is 11.1. The SMILES string of the molecule is COc1ccc(CN2C(=O)CO[C@H]3CN(CCCc4ccccc4)C[C@H]32)cc1. The van der Waals surface area contributed by atoms with Crippen LogP contribution in [0, 0.1) is 0 Å². The van der Waals surface area contributed by atoms with Gasteiger partial charge >= 0.3 is 0 Å². The molecule has 2 aromatic carbocycles. The van der Waals surface area contributed by atoms with Gasteiger partial charge in [0.05, 0.1) is 19.3 Å². The molecule has 0 radical (unpaired) electrons. The van der Waals surface area contributed by atoms with Gasteiger partial charge in [-0.1, -0.05) is 42.5 Å². The summed E-state index contributed by atoms with van der Waals surface area (Å²) in [7, 11) is 1.66. The van der Waals surface area contributed by atoms with Crippen molar-refractivity contribution in [3.05, 3.63) is 65.7 Å². The molecule has 2 aromatic rings. The standard InChI is InChI=1S/C23H28N2O3/c1-27-20-11-9-19(10-12-20)14-25-21-15-24(16-22(21)28-17-23(25)26)13-5-8-18-6-3-2-4-7-18/h2-4,6-7,9-12,21-22H,5,8,13-17H2,1H3/t21-,22+/m1/s1. The molecule has 4 rings (SSSR count). The number of methoxy groups -OCH3 is 1. The summed E-state index contributed by atoms with van der Waals surface area (Å²) >= 11 is 0. The van der Waals surface area contributed by atoms with Gasteiger partial charge in [-0.15, -0.1) is 0 Å². The zero-order valence-electron chi connectivity index (χ0n) is 16.4. The predicted molar refractivity (Wildman–Crippen MR) is 108 cm³/mol. The lowest BCUT2D eigenvalue weighted by Crippen LogP contribution is -2.53. The molecule has 1 amide bonds. The molecule has 0 saturated carbocycles. The van der Waals surface area contributed by atoms with Crippen LogP contribution in [0.3, 0.4) is 0 Å². The van der Waals surface area contributed by atoms with Gasteiger partial charge in [0.25, 0.3) is 0 Å². The number of morpholine rings is 1. The van der Waals surface area contributed by atoms with Crippen molar-refractivity contribution in [2.75, 3.05) is 33.4 Å². The number of fused-ring (bicyclic) bond motifs is 1. The van der Waals surface area contributed by atoms with Crippen LogP contribution in [0.25, 0.3) is 0 Å². The first-order chi connectivity index (χ1) is 13.7. The highest BCUT2D eigenvalue weighted by atomic mass is 16.5. The Hall–Kier alpha value is -2.37. The van der Waals surface area contributed by atoms with Gasteiger partial charge in [0.15, 0.2) is 0 Å². The molecule has 0 N–H and O–H groups in total. The monoisotopic (exact) mass is 380 g/mol. The molecule has 0 spiro atoms. The van der Waals surface area contributed by atoms with Crippen molar-refractivity contribution >= 4 is 5.91 Å². The molecule has 0 unspecified atom stereocenters. The Labute approximate surface area is 166 Å². The molecule has 2 saturated heterocycles. The summed E-state index contributed by atoms with van der Waals surface area (Å²) in [4.78, 5) is 17.0. The molecule has 2 fully saturated rings. The molecule has 28 heavy (non-hydrogen) atoms. The quantitative estimate of drug-likeness (QED) is 0.741. The van der Waals surface area contributed by atoms with Crippen LogP contribution in [-0.2, 0) is 22.5 Å². The molecule has 0 aromatic heterocycles. The molecular formula is C23H28N2O3. The van der Waals surface area contributed by atoms with Crippen molar-refractivity contribution in [2.45, 2.75) is 31.5 Å². The van der Waals surface area contributed by atoms with Gasteiger partial charge in [0.2, 0.25) is 5.91 Å². The lowest BCUT2D eigenvalue weighted by atomic mass is 10.1. The minimum atomic E-state index is 0.0863. The lowest BCUT2D eigenvalue weighted by molar-refractivity contribution is -0.153. The first-order valence-corrected chi connectivity index (χ1v) is 10.0. The second-order valence-electron chi connectivity index (χ2n) is 7.64. The summed E-state index contributed by atoms with van der Waals surface area (Å²) in [6.45, 7) is 3.66. The fourth-order valence-electron chi connectivity index (χ4n) is 4.21. The van der Waals surface area contributed by atoms with Crippen molar-refractivity contribution < 1.29 is 14.3 Å². The lowest BCUT2D eigenvalue weighted by Gasteiger charge is -2.36. The van der Waals surface area contributed by atoms with E-state index in [-0.39, 0.29) is 24.7 Å². The van der Waals surface area contributed by atoms with E-state index in [1.54, 1.807) is 7.11 Å². The van der Waals surface area contributed by atoms with Gasteiger partial charge in [-0.2, -0.15) is 0 Å². The number of rotatable bonds is 7. The van der Waals surface area contributed by atoms with Gasteiger partial charge < -0.3 is 14.4 Å². The predicted octanol–water partition coefficient (Wildman–Crippen LogP) is 2.74. The number of hydrogen-bond donors (Lipinski definition) is 0. The smallest absolute Gasteiger partial charge is 0.249 e. The van der Waals surface area contributed by atoms with Crippen molar-refractivity contribution in [3.8, 4) is 5.75 Å². The van der Waals surface area contributed by atoms with Crippen LogP contribution in [0.1, 0.15) is 17.5 Å². The third-order valence-electron chi connectivity index (χ3n) is 5.75. The second kappa shape index (κ2) is 8.76. The molecule has 2 heterocycles. The summed E-state index contributed by atoms with van der Waals surface area (Å²) in [5.41, 5.74) is 2.50. The fourth-order valence-corrected chi connectivity index (χ4v) is 4.21. The molecule has 0 bridgehead atoms. The van der Waals surface area contributed by atoms with Crippen molar-refractivity contribution in [2.24, 2.45) is 0 Å². The number of benzene rings is 2. The van der Waals surface area contributed by atoms with E-state index in [1.807, 2.05) is 29.2 Å². The van der Waals surface area contributed by atoms with Gasteiger partial charge in [0, 0.05) is 19.6 Å². The average molecular weight is 380 g/mol. The number of nitrogens with zero attached hydrogens (tertiary/aromatic N) is 2. The maximum absolute atomic E-state index is 12.5. The van der Waals surface area contributed by atoms with Crippen molar-refractivity contribution in [3.63, 3.8) is 0 Å². The Morgan fingerprint density at radius 2 is 1.82 bits per heavy atom. The zero-order valence-corrected chi connectivity index (χ0v) is 16.4. The first-order valence-electron chi connectivity index (χ1n) is 10.0. The third kappa shape index (κ3) is 4.37. The van der Waals surface area contributed by atoms with Crippen LogP contribution in [0.2, 0.25) is 0 Å². The van der Waals surface area contributed by atoms with E-state index in [0.29, 0.717) is 6.54 Å². The van der Waals surface area contributed by atoms with E-state index >= 15 is 0 Å². The molecule has 5 heteroatoms. The number of amides is 1. The molecule has 2 aliphatic rings. The van der Waals surface area contributed by atoms with Gasteiger partial charge in [-0.05, 0) is 42.6 Å². The van der Waals surface area contributed by atoms with E-state index in [4.69, 9.17) is 9.47 Å². The number of carbonyl (C=O) groups excluding carboxylic acids is 1. The van der Waals surface area contributed by atoms with E-state index < -0.39 is 0 Å². The highest BCUT2D eigenvalue weighted by Gasteiger charge is 2.42. The Bertz CT molecular complexity index is 778. The van der Waals surface area contributed by atoms with Crippen LogP contribution >= 0.6 is 0 Å². The molecule has 2 atom stereocenters. The van der Waals surface area contributed by atoms with Crippen molar-refractivity contribution in [1.29, 1.82) is 0 Å². The Morgan fingerprint density at radius 3 is 2.57 bits per heavy atom. The summed E-state index contributed by atoms with van der Waals surface area (Å²) in [5, 5.41) is 0. The molecule has 2 aliphatic heterocycles. The summed E-state index contributed by atoms with van der Waals surface area (Å²) in [6.07, 6.45) is 2.32. The molecule has 5 nitrogen and oxygen atoms in total. The number of hydrogen-bond acceptors (Lipinski definition) is 4. The highest BCUT2D eigenvalue weighted by Crippen LogP contribution is 2.26. The first kappa shape index (κ1) is 19.0. The van der Waals surface area contributed by atoms with Crippen LogP contribution < -0.4 is 4.74 Å².